The molecular weight excluding hydrogens is 256 g/mol. The van der Waals surface area contributed by atoms with Gasteiger partial charge in [0, 0.05) is 0 Å². The first-order chi connectivity index (χ1) is 9.70. The van der Waals surface area contributed by atoms with Crippen LogP contribution in [0.5, 0.6) is 0 Å². The maximum Gasteiger partial charge on any atom is 0.0594 e. The summed E-state index contributed by atoms with van der Waals surface area (Å²) in [5.74, 6) is 1.51. The van der Waals surface area contributed by atoms with E-state index in [-0.39, 0.29) is 11.5 Å². The van der Waals surface area contributed by atoms with Crippen molar-refractivity contribution in [3.8, 4) is 0 Å². The summed E-state index contributed by atoms with van der Waals surface area (Å²) in [7, 11) is 0. The van der Waals surface area contributed by atoms with Crippen molar-refractivity contribution in [1.82, 2.24) is 0 Å². The largest absolute Gasteiger partial charge is 0.393 e. The van der Waals surface area contributed by atoms with Crippen molar-refractivity contribution < 1.29 is 5.11 Å². The predicted octanol–water partition coefficient (Wildman–Crippen LogP) is 5.34. The van der Waals surface area contributed by atoms with Crippen LogP contribution < -0.4 is 0 Å². The van der Waals surface area contributed by atoms with E-state index in [1.54, 1.807) is 5.57 Å². The summed E-state index contributed by atoms with van der Waals surface area (Å²) in [5.41, 5.74) is 2.60. The topological polar surface area (TPSA) is 20.2 Å². The second-order valence-corrected chi connectivity index (χ2v) is 9.47. The van der Waals surface area contributed by atoms with Gasteiger partial charge in [-0.25, -0.2) is 0 Å². The lowest BCUT2D eigenvalue weighted by atomic mass is 9.42. The molecule has 1 heteroatoms. The van der Waals surface area contributed by atoms with Crippen LogP contribution in [-0.4, -0.2) is 11.2 Å². The third kappa shape index (κ3) is 2.22. The Bertz CT molecular complexity index is 449. The highest BCUT2D eigenvalue weighted by Crippen LogP contribution is 2.66. The number of aliphatic hydroxyl groups excluding tert-OH is 1. The van der Waals surface area contributed by atoms with Crippen LogP contribution in [0.1, 0.15) is 79.6 Å². The van der Waals surface area contributed by atoms with Crippen LogP contribution in [0.4, 0.5) is 0 Å². The van der Waals surface area contributed by atoms with Crippen LogP contribution in [0.2, 0.25) is 0 Å². The fourth-order valence-electron chi connectivity index (χ4n) is 6.44. The van der Waals surface area contributed by atoms with Crippen molar-refractivity contribution in [2.45, 2.75) is 85.7 Å². The van der Waals surface area contributed by atoms with Crippen molar-refractivity contribution >= 4 is 0 Å². The predicted molar refractivity (Wildman–Crippen MR) is 89.1 cm³/mol. The van der Waals surface area contributed by atoms with Crippen LogP contribution >= 0.6 is 0 Å². The average molecular weight is 290 g/mol. The van der Waals surface area contributed by atoms with E-state index in [1.165, 1.54) is 38.5 Å². The molecule has 0 aliphatic heterocycles. The molecule has 2 fully saturated rings. The highest BCUT2D eigenvalue weighted by Gasteiger charge is 2.59. The van der Waals surface area contributed by atoms with Gasteiger partial charge in [0.2, 0.25) is 0 Å². The smallest absolute Gasteiger partial charge is 0.0594 e. The molecule has 120 valence electrons. The van der Waals surface area contributed by atoms with Gasteiger partial charge in [0.25, 0.3) is 0 Å². The van der Waals surface area contributed by atoms with Crippen LogP contribution in [0.3, 0.4) is 0 Å². The molecule has 0 aromatic rings. The third-order valence-corrected chi connectivity index (χ3v) is 7.90. The van der Waals surface area contributed by atoms with Gasteiger partial charge in [0.1, 0.15) is 0 Å². The molecule has 0 saturated heterocycles. The molecule has 5 atom stereocenters. The maximum atomic E-state index is 10.5. The van der Waals surface area contributed by atoms with Gasteiger partial charge in [-0.05, 0) is 80.0 Å². The molecule has 0 bridgehead atoms. The maximum absolute atomic E-state index is 10.5. The number of hydrogen-bond acceptors (Lipinski definition) is 1. The molecular formula is C20H34O. The molecule has 1 N–H and O–H groups in total. The quantitative estimate of drug-likeness (QED) is 0.597. The van der Waals surface area contributed by atoms with Gasteiger partial charge in [0.15, 0.2) is 0 Å². The molecule has 0 unspecified atom stereocenters. The Hall–Kier alpha value is -0.300. The van der Waals surface area contributed by atoms with Gasteiger partial charge in [-0.2, -0.15) is 0 Å². The van der Waals surface area contributed by atoms with E-state index in [9.17, 15) is 5.11 Å². The number of aliphatic hydroxyl groups is 1. The van der Waals surface area contributed by atoms with Crippen molar-refractivity contribution in [2.75, 3.05) is 0 Å². The summed E-state index contributed by atoms with van der Waals surface area (Å²) in [6.07, 6.45) is 11.2. The van der Waals surface area contributed by atoms with E-state index in [0.29, 0.717) is 16.7 Å². The molecule has 3 aliphatic carbocycles. The summed E-state index contributed by atoms with van der Waals surface area (Å²) in [6, 6.07) is 0. The van der Waals surface area contributed by atoms with E-state index in [1.807, 2.05) is 0 Å². The molecule has 2 saturated carbocycles. The average Bonchev–Trinajstić information content (AvgIpc) is 2.55. The zero-order valence-corrected chi connectivity index (χ0v) is 14.7. The van der Waals surface area contributed by atoms with E-state index >= 15 is 0 Å². The zero-order chi connectivity index (χ0) is 15.5. The highest BCUT2D eigenvalue weighted by molar-refractivity contribution is 5.14. The van der Waals surface area contributed by atoms with Crippen LogP contribution in [-0.2, 0) is 0 Å². The minimum Gasteiger partial charge on any atom is -0.393 e. The zero-order valence-electron chi connectivity index (χ0n) is 14.7. The van der Waals surface area contributed by atoms with Crippen LogP contribution in [0.15, 0.2) is 11.6 Å². The summed E-state index contributed by atoms with van der Waals surface area (Å²) < 4.78 is 0. The molecule has 21 heavy (non-hydrogen) atoms. The van der Waals surface area contributed by atoms with Gasteiger partial charge in [-0.15, -0.1) is 0 Å². The normalized spacial score (nSPS) is 49.6. The van der Waals surface area contributed by atoms with Crippen molar-refractivity contribution in [2.24, 2.45) is 28.1 Å². The molecule has 3 rings (SSSR count). The number of allylic oxidation sites excluding steroid dienone is 2. The van der Waals surface area contributed by atoms with E-state index < -0.39 is 0 Å². The van der Waals surface area contributed by atoms with Gasteiger partial charge in [-0.1, -0.05) is 39.3 Å². The van der Waals surface area contributed by atoms with E-state index in [0.717, 1.165) is 12.3 Å². The Balaban J connectivity index is 1.98. The van der Waals surface area contributed by atoms with Gasteiger partial charge < -0.3 is 5.11 Å². The summed E-state index contributed by atoms with van der Waals surface area (Å²) in [4.78, 5) is 0. The van der Waals surface area contributed by atoms with Crippen molar-refractivity contribution in [3.63, 3.8) is 0 Å². The molecule has 0 aromatic carbocycles. The van der Waals surface area contributed by atoms with Gasteiger partial charge in [-0.3, -0.25) is 0 Å². The SMILES string of the molecule is CC1=CC[C@]2(C)CC[C@H]3C(C)(C)[C@@H](O)CC[C@]3(C)[C@H]2CC1. The molecule has 0 heterocycles. The molecule has 1 nitrogen and oxygen atoms in total. The number of hydrogen-bond donors (Lipinski definition) is 1. The minimum atomic E-state index is -0.106. The molecule has 0 amide bonds. The Kier molecular flexibility index (Phi) is 3.60. The summed E-state index contributed by atoms with van der Waals surface area (Å²) >= 11 is 0. The number of fused-ring (bicyclic) bond motifs is 3. The highest BCUT2D eigenvalue weighted by atomic mass is 16.3. The standard InChI is InChI=1S/C20H34O/c1-14-6-7-16-19(4,11-8-14)12-9-15-18(2,3)17(21)10-13-20(15,16)5/h8,15-17,21H,6-7,9-13H2,1-5H3/t15-,16-,17-,19+,20-/m0/s1. The molecule has 0 aromatic heterocycles. The first kappa shape index (κ1) is 15.6. The Morgan fingerprint density at radius 3 is 2.43 bits per heavy atom. The Labute approximate surface area is 131 Å². The first-order valence-electron chi connectivity index (χ1n) is 9.04. The lowest BCUT2D eigenvalue weighted by Gasteiger charge is -2.63. The molecule has 3 aliphatic rings. The fourth-order valence-corrected chi connectivity index (χ4v) is 6.44. The second kappa shape index (κ2) is 4.85. The van der Waals surface area contributed by atoms with Gasteiger partial charge >= 0.3 is 0 Å². The van der Waals surface area contributed by atoms with Gasteiger partial charge in [0.05, 0.1) is 6.10 Å². The van der Waals surface area contributed by atoms with Crippen molar-refractivity contribution in [1.29, 1.82) is 0 Å². The Morgan fingerprint density at radius 1 is 1.00 bits per heavy atom. The molecule has 0 spiro atoms. The Morgan fingerprint density at radius 2 is 1.71 bits per heavy atom. The van der Waals surface area contributed by atoms with E-state index in [2.05, 4.69) is 40.7 Å². The van der Waals surface area contributed by atoms with Crippen molar-refractivity contribution in [3.05, 3.63) is 11.6 Å². The van der Waals surface area contributed by atoms with Crippen LogP contribution in [0.25, 0.3) is 0 Å². The first-order valence-corrected chi connectivity index (χ1v) is 9.04. The molecule has 0 radical (unpaired) electrons. The summed E-state index contributed by atoms with van der Waals surface area (Å²) in [5, 5.41) is 10.5. The second-order valence-electron chi connectivity index (χ2n) is 9.47. The van der Waals surface area contributed by atoms with E-state index in [4.69, 9.17) is 0 Å². The monoisotopic (exact) mass is 290 g/mol. The lowest BCUT2D eigenvalue weighted by molar-refractivity contribution is -0.170. The van der Waals surface area contributed by atoms with Crippen LogP contribution in [0, 0.1) is 28.1 Å². The minimum absolute atomic E-state index is 0.0864. The fraction of sp³-hybridized carbons (Fsp3) is 0.900. The lowest BCUT2D eigenvalue weighted by Crippen LogP contribution is -2.58. The summed E-state index contributed by atoms with van der Waals surface area (Å²) in [6.45, 7) is 12.1. The number of rotatable bonds is 0. The third-order valence-electron chi connectivity index (χ3n) is 7.90.